The van der Waals surface area contributed by atoms with Gasteiger partial charge in [0.05, 0.1) is 7.11 Å². The van der Waals surface area contributed by atoms with Crippen molar-refractivity contribution in [1.82, 2.24) is 5.32 Å². The summed E-state index contributed by atoms with van der Waals surface area (Å²) in [5, 5.41) is 3.54. The highest BCUT2D eigenvalue weighted by Gasteiger charge is 2.26. The van der Waals surface area contributed by atoms with Gasteiger partial charge in [0.2, 0.25) is 0 Å². The molecule has 2 unspecified atom stereocenters. The lowest BCUT2D eigenvalue weighted by atomic mass is 9.82. The van der Waals surface area contributed by atoms with Crippen molar-refractivity contribution < 1.29 is 4.74 Å². The fourth-order valence-corrected chi connectivity index (χ4v) is 3.34. The van der Waals surface area contributed by atoms with Gasteiger partial charge in [0.25, 0.3) is 0 Å². The Morgan fingerprint density at radius 2 is 1.95 bits per heavy atom. The molecule has 0 radical (unpaired) electrons. The van der Waals surface area contributed by atoms with Gasteiger partial charge >= 0.3 is 0 Å². The van der Waals surface area contributed by atoms with Crippen LogP contribution in [0.15, 0.2) is 24.3 Å². The third kappa shape index (κ3) is 3.73. The van der Waals surface area contributed by atoms with E-state index in [0.29, 0.717) is 5.92 Å². The average molecular weight is 261 g/mol. The average Bonchev–Trinajstić information content (AvgIpc) is 2.70. The first-order chi connectivity index (χ1) is 9.36. The van der Waals surface area contributed by atoms with Crippen molar-refractivity contribution in [1.29, 1.82) is 0 Å². The van der Waals surface area contributed by atoms with Gasteiger partial charge in [-0.05, 0) is 49.4 Å². The monoisotopic (exact) mass is 261 g/mol. The summed E-state index contributed by atoms with van der Waals surface area (Å²) in [6.45, 7) is 4.39. The van der Waals surface area contributed by atoms with Crippen molar-refractivity contribution in [2.75, 3.05) is 20.2 Å². The van der Waals surface area contributed by atoms with Crippen LogP contribution in [0.2, 0.25) is 0 Å². The molecule has 1 aliphatic carbocycles. The predicted molar refractivity (Wildman–Crippen MR) is 80.9 cm³/mol. The Hall–Kier alpha value is -1.02. The summed E-state index contributed by atoms with van der Waals surface area (Å²) in [6.07, 6.45) is 6.76. The van der Waals surface area contributed by atoms with Gasteiger partial charge in [0, 0.05) is 0 Å². The van der Waals surface area contributed by atoms with Crippen molar-refractivity contribution in [2.45, 2.75) is 44.9 Å². The van der Waals surface area contributed by atoms with E-state index in [1.165, 1.54) is 37.7 Å². The summed E-state index contributed by atoms with van der Waals surface area (Å²) in [4.78, 5) is 0. The summed E-state index contributed by atoms with van der Waals surface area (Å²) in [5.41, 5.74) is 1.41. The topological polar surface area (TPSA) is 21.3 Å². The molecule has 0 amide bonds. The normalized spacial score (nSPS) is 23.9. The van der Waals surface area contributed by atoms with Gasteiger partial charge < -0.3 is 10.1 Å². The summed E-state index contributed by atoms with van der Waals surface area (Å²) < 4.78 is 5.57. The standard InChI is InChI=1S/C17H27NO/c1-3-18-13-14-9-5-4-6-10-15(14)16-11-7-8-12-17(16)19-2/h7-8,11-12,14-15,18H,3-6,9-10,13H2,1-2H3. The van der Waals surface area contributed by atoms with Crippen LogP contribution in [-0.4, -0.2) is 20.2 Å². The molecule has 0 bridgehead atoms. The molecule has 0 aromatic heterocycles. The molecule has 106 valence electrons. The molecule has 1 N–H and O–H groups in total. The number of nitrogens with one attached hydrogen (secondary N) is 1. The van der Waals surface area contributed by atoms with Crippen LogP contribution in [0.3, 0.4) is 0 Å². The Morgan fingerprint density at radius 1 is 1.16 bits per heavy atom. The number of rotatable bonds is 5. The predicted octanol–water partition coefficient (Wildman–Crippen LogP) is 3.97. The van der Waals surface area contributed by atoms with Crippen LogP contribution in [-0.2, 0) is 0 Å². The molecule has 19 heavy (non-hydrogen) atoms. The quantitative estimate of drug-likeness (QED) is 0.810. The lowest BCUT2D eigenvalue weighted by Crippen LogP contribution is -2.27. The summed E-state index contributed by atoms with van der Waals surface area (Å²) >= 11 is 0. The van der Waals surface area contributed by atoms with Crippen LogP contribution in [0.25, 0.3) is 0 Å². The van der Waals surface area contributed by atoms with Gasteiger partial charge in [0.1, 0.15) is 5.75 Å². The van der Waals surface area contributed by atoms with E-state index in [-0.39, 0.29) is 0 Å². The van der Waals surface area contributed by atoms with Gasteiger partial charge in [0.15, 0.2) is 0 Å². The van der Waals surface area contributed by atoms with Gasteiger partial charge in [-0.15, -0.1) is 0 Å². The minimum Gasteiger partial charge on any atom is -0.496 e. The molecule has 0 spiro atoms. The molecule has 0 aliphatic heterocycles. The number of benzene rings is 1. The Bertz CT molecular complexity index is 377. The fourth-order valence-electron chi connectivity index (χ4n) is 3.34. The number of ether oxygens (including phenoxy) is 1. The molecular weight excluding hydrogens is 234 g/mol. The van der Waals surface area contributed by atoms with E-state index < -0.39 is 0 Å². The second-order valence-electron chi connectivity index (χ2n) is 5.55. The van der Waals surface area contributed by atoms with Crippen LogP contribution >= 0.6 is 0 Å². The molecular formula is C17H27NO. The molecule has 0 saturated heterocycles. The van der Waals surface area contributed by atoms with E-state index in [1.54, 1.807) is 7.11 Å². The maximum absolute atomic E-state index is 5.57. The lowest BCUT2D eigenvalue weighted by molar-refractivity contribution is 0.356. The first-order valence-electron chi connectivity index (χ1n) is 7.70. The number of hydrogen-bond donors (Lipinski definition) is 1. The first kappa shape index (κ1) is 14.4. The zero-order valence-corrected chi connectivity index (χ0v) is 12.3. The molecule has 2 heteroatoms. The Labute approximate surface area is 117 Å². The third-order valence-electron chi connectivity index (χ3n) is 4.35. The van der Waals surface area contributed by atoms with Gasteiger partial charge in [-0.1, -0.05) is 44.4 Å². The van der Waals surface area contributed by atoms with E-state index in [2.05, 4.69) is 36.5 Å². The molecule has 1 saturated carbocycles. The van der Waals surface area contributed by atoms with Gasteiger partial charge in [-0.3, -0.25) is 0 Å². The largest absolute Gasteiger partial charge is 0.496 e. The maximum Gasteiger partial charge on any atom is 0.122 e. The van der Waals surface area contributed by atoms with Gasteiger partial charge in [-0.25, -0.2) is 0 Å². The fraction of sp³-hybridized carbons (Fsp3) is 0.647. The summed E-state index contributed by atoms with van der Waals surface area (Å²) in [5.74, 6) is 2.47. The Balaban J connectivity index is 2.20. The Kier molecular flexibility index (Phi) is 5.71. The van der Waals surface area contributed by atoms with Gasteiger partial charge in [-0.2, -0.15) is 0 Å². The van der Waals surface area contributed by atoms with Crippen LogP contribution in [0, 0.1) is 5.92 Å². The molecule has 0 heterocycles. The maximum atomic E-state index is 5.57. The third-order valence-corrected chi connectivity index (χ3v) is 4.35. The SMILES string of the molecule is CCNCC1CCCCCC1c1ccccc1OC. The van der Waals surface area contributed by atoms with Crippen LogP contribution in [0.5, 0.6) is 5.75 Å². The smallest absolute Gasteiger partial charge is 0.122 e. The lowest BCUT2D eigenvalue weighted by Gasteiger charge is -2.27. The summed E-state index contributed by atoms with van der Waals surface area (Å²) in [6, 6.07) is 8.57. The van der Waals surface area contributed by atoms with Crippen molar-refractivity contribution in [3.63, 3.8) is 0 Å². The molecule has 1 aliphatic rings. The van der Waals surface area contributed by atoms with Crippen LogP contribution < -0.4 is 10.1 Å². The Morgan fingerprint density at radius 3 is 2.74 bits per heavy atom. The van der Waals surface area contributed by atoms with E-state index in [9.17, 15) is 0 Å². The van der Waals surface area contributed by atoms with Crippen LogP contribution in [0.4, 0.5) is 0 Å². The highest BCUT2D eigenvalue weighted by atomic mass is 16.5. The van der Waals surface area contributed by atoms with E-state index in [0.717, 1.165) is 24.8 Å². The molecule has 1 aromatic carbocycles. The zero-order chi connectivity index (χ0) is 13.5. The molecule has 2 nitrogen and oxygen atoms in total. The zero-order valence-electron chi connectivity index (χ0n) is 12.3. The van der Waals surface area contributed by atoms with E-state index >= 15 is 0 Å². The number of para-hydroxylation sites is 1. The highest BCUT2D eigenvalue weighted by molar-refractivity contribution is 5.36. The molecule has 2 rings (SSSR count). The molecule has 1 fully saturated rings. The van der Waals surface area contributed by atoms with Crippen molar-refractivity contribution in [3.8, 4) is 5.75 Å². The van der Waals surface area contributed by atoms with Crippen LogP contribution in [0.1, 0.15) is 50.5 Å². The molecule has 2 atom stereocenters. The molecule has 1 aromatic rings. The minimum absolute atomic E-state index is 0.651. The minimum atomic E-state index is 0.651. The second-order valence-corrected chi connectivity index (χ2v) is 5.55. The number of methoxy groups -OCH3 is 1. The first-order valence-corrected chi connectivity index (χ1v) is 7.70. The van der Waals surface area contributed by atoms with E-state index in [1.807, 2.05) is 0 Å². The van der Waals surface area contributed by atoms with Crippen molar-refractivity contribution in [2.24, 2.45) is 5.92 Å². The van der Waals surface area contributed by atoms with Crippen molar-refractivity contribution in [3.05, 3.63) is 29.8 Å². The van der Waals surface area contributed by atoms with E-state index in [4.69, 9.17) is 4.74 Å². The second kappa shape index (κ2) is 7.54. The van der Waals surface area contributed by atoms with Crippen molar-refractivity contribution >= 4 is 0 Å². The number of hydrogen-bond acceptors (Lipinski definition) is 2. The summed E-state index contributed by atoms with van der Waals surface area (Å²) in [7, 11) is 1.79. The highest BCUT2D eigenvalue weighted by Crippen LogP contribution is 2.39.